The number of hydrogen-bond acceptors (Lipinski definition) is 4. The summed E-state index contributed by atoms with van der Waals surface area (Å²) >= 11 is 6.32. The Morgan fingerprint density at radius 3 is 2.76 bits per heavy atom. The van der Waals surface area contributed by atoms with Crippen molar-refractivity contribution >= 4 is 23.1 Å². The summed E-state index contributed by atoms with van der Waals surface area (Å²) in [6, 6.07) is 12.6. The lowest BCUT2D eigenvalue weighted by atomic mass is 9.81. The lowest BCUT2D eigenvalue weighted by molar-refractivity contribution is -0.697. The molecule has 0 radical (unpaired) electrons. The zero-order valence-corrected chi connectivity index (χ0v) is 20.1. The minimum Gasteiger partial charge on any atom is -0.550 e. The van der Waals surface area contributed by atoms with E-state index in [0.717, 1.165) is 55.2 Å². The van der Waals surface area contributed by atoms with Crippen molar-refractivity contribution in [2.45, 2.75) is 45.7 Å². The third kappa shape index (κ3) is 4.91. The van der Waals surface area contributed by atoms with Crippen LogP contribution < -0.4 is 9.67 Å². The van der Waals surface area contributed by atoms with E-state index in [1.54, 1.807) is 0 Å². The van der Waals surface area contributed by atoms with Gasteiger partial charge < -0.3 is 9.90 Å². The van der Waals surface area contributed by atoms with Gasteiger partial charge in [0.05, 0.1) is 5.69 Å². The Bertz CT molecular complexity index is 1270. The van der Waals surface area contributed by atoms with Crippen LogP contribution in [0.1, 0.15) is 52.8 Å². The molecule has 174 valence electrons. The van der Waals surface area contributed by atoms with Gasteiger partial charge in [-0.2, -0.15) is 0 Å². The fourth-order valence-corrected chi connectivity index (χ4v) is 5.45. The number of nitrogens with zero attached hydrogens (tertiary/aromatic N) is 3. The Balaban J connectivity index is 1.36. The second kappa shape index (κ2) is 9.69. The maximum absolute atomic E-state index is 10.8. The number of carbonyl (C=O) groups is 1. The van der Waals surface area contributed by atoms with Crippen molar-refractivity contribution < 1.29 is 14.5 Å². The van der Waals surface area contributed by atoms with Crippen LogP contribution in [0.5, 0.6) is 0 Å². The number of aryl methyl sites for hydroxylation is 2. The first-order chi connectivity index (χ1) is 16.5. The maximum Gasteiger partial charge on any atom is 0.173 e. The van der Waals surface area contributed by atoms with Crippen LogP contribution in [0.4, 0.5) is 0 Å². The normalized spacial score (nSPS) is 15.7. The summed E-state index contributed by atoms with van der Waals surface area (Å²) < 4.78 is 1.96. The number of aromatic nitrogens is 2. The van der Waals surface area contributed by atoms with E-state index < -0.39 is 5.97 Å². The Labute approximate surface area is 205 Å². The SMILES string of the molecule is Cc1cc(CN2CCC(=C3c4ccc(Cl)cc4Cc4cccnc43)CC2)c[n+](CCC(=O)[O-])c1. The van der Waals surface area contributed by atoms with Gasteiger partial charge in [-0.25, -0.2) is 4.57 Å². The largest absolute Gasteiger partial charge is 0.550 e. The third-order valence-electron chi connectivity index (χ3n) is 6.75. The molecule has 0 spiro atoms. The van der Waals surface area contributed by atoms with Gasteiger partial charge in [-0.1, -0.05) is 29.3 Å². The second-order valence-corrected chi connectivity index (χ2v) is 9.76. The molecular formula is C28H28ClN3O2. The first kappa shape index (κ1) is 22.8. The molecule has 6 heteroatoms. The lowest BCUT2D eigenvalue weighted by Crippen LogP contribution is -2.38. The first-order valence-corrected chi connectivity index (χ1v) is 12.2. The van der Waals surface area contributed by atoms with Gasteiger partial charge in [0.2, 0.25) is 0 Å². The van der Waals surface area contributed by atoms with Crippen molar-refractivity contribution in [3.63, 3.8) is 0 Å². The van der Waals surface area contributed by atoms with Crippen LogP contribution in [0.25, 0.3) is 5.57 Å². The van der Waals surface area contributed by atoms with Gasteiger partial charge in [-0.3, -0.25) is 9.88 Å². The Kier molecular flexibility index (Phi) is 6.48. The number of likely N-dealkylation sites (tertiary alicyclic amines) is 1. The molecule has 5 nitrogen and oxygen atoms in total. The highest BCUT2D eigenvalue weighted by Gasteiger charge is 2.26. The summed E-state index contributed by atoms with van der Waals surface area (Å²) in [5.74, 6) is -1.02. The number of piperidine rings is 1. The summed E-state index contributed by atoms with van der Waals surface area (Å²) in [6.07, 6.45) is 8.84. The van der Waals surface area contributed by atoms with Gasteiger partial charge >= 0.3 is 0 Å². The van der Waals surface area contributed by atoms with Gasteiger partial charge in [-0.15, -0.1) is 0 Å². The summed E-state index contributed by atoms with van der Waals surface area (Å²) in [4.78, 5) is 18.1. The Hall–Kier alpha value is -3.02. The second-order valence-electron chi connectivity index (χ2n) is 9.33. The van der Waals surface area contributed by atoms with Gasteiger partial charge in [0, 0.05) is 66.4 Å². The predicted molar refractivity (Wildman–Crippen MR) is 130 cm³/mol. The number of benzene rings is 1. The highest BCUT2D eigenvalue weighted by Crippen LogP contribution is 2.40. The first-order valence-electron chi connectivity index (χ1n) is 11.8. The number of fused-ring (bicyclic) bond motifs is 2. The van der Waals surface area contributed by atoms with Crippen LogP contribution in [0.2, 0.25) is 5.02 Å². The van der Waals surface area contributed by atoms with Crippen molar-refractivity contribution in [3.05, 3.63) is 99.1 Å². The molecule has 1 saturated heterocycles. The summed E-state index contributed by atoms with van der Waals surface area (Å²) in [6.45, 7) is 5.31. The van der Waals surface area contributed by atoms with Crippen molar-refractivity contribution in [2.75, 3.05) is 13.1 Å². The number of carbonyl (C=O) groups excluding carboxylic acids is 1. The molecule has 2 aliphatic rings. The van der Waals surface area contributed by atoms with Crippen molar-refractivity contribution in [3.8, 4) is 0 Å². The molecule has 1 aliphatic carbocycles. The molecule has 1 aliphatic heterocycles. The molecule has 0 bridgehead atoms. The maximum atomic E-state index is 10.8. The summed E-state index contributed by atoms with van der Waals surface area (Å²) in [7, 11) is 0. The molecule has 0 atom stereocenters. The van der Waals surface area contributed by atoms with E-state index in [1.165, 1.54) is 33.4 Å². The molecule has 1 fully saturated rings. The fourth-order valence-electron chi connectivity index (χ4n) is 5.25. The molecule has 0 amide bonds. The lowest BCUT2D eigenvalue weighted by Gasteiger charge is -2.31. The van der Waals surface area contributed by atoms with Crippen LogP contribution in [-0.4, -0.2) is 28.9 Å². The average Bonchev–Trinajstić information content (AvgIpc) is 2.81. The number of rotatable bonds is 5. The fraction of sp³-hybridized carbons (Fsp3) is 0.321. The van der Waals surface area contributed by atoms with E-state index in [-0.39, 0.29) is 6.42 Å². The molecule has 3 heterocycles. The third-order valence-corrected chi connectivity index (χ3v) is 6.99. The van der Waals surface area contributed by atoms with Crippen LogP contribution in [0.3, 0.4) is 0 Å². The van der Waals surface area contributed by atoms with Crippen molar-refractivity contribution in [1.82, 2.24) is 9.88 Å². The minimum absolute atomic E-state index is 0.0242. The average molecular weight is 474 g/mol. The highest BCUT2D eigenvalue weighted by atomic mass is 35.5. The topological polar surface area (TPSA) is 60.1 Å². The standard InChI is InChI=1S/C28H28ClN3O2/c1-19-13-20(18-32(16-19)12-8-26(33)34)17-31-10-6-21(7-11-31)27-25-5-4-24(29)15-23(25)14-22-3-2-9-30-28(22)27/h2-5,9,13,15-16,18H,6-8,10-12,14,17H2,1H3. The van der Waals surface area contributed by atoms with E-state index in [4.69, 9.17) is 16.6 Å². The molecule has 0 N–H and O–H groups in total. The zero-order valence-electron chi connectivity index (χ0n) is 19.4. The quantitative estimate of drug-likeness (QED) is 0.416. The molecule has 1 aromatic carbocycles. The molecule has 2 aromatic heterocycles. The van der Waals surface area contributed by atoms with Gasteiger partial charge in [0.1, 0.15) is 0 Å². The molecule has 0 saturated carbocycles. The summed E-state index contributed by atoms with van der Waals surface area (Å²) in [5.41, 5.74) is 10.0. The number of aliphatic carboxylic acids is 1. The van der Waals surface area contributed by atoms with E-state index in [1.807, 2.05) is 29.1 Å². The van der Waals surface area contributed by atoms with Crippen molar-refractivity contribution in [2.24, 2.45) is 0 Å². The highest BCUT2D eigenvalue weighted by molar-refractivity contribution is 6.30. The van der Waals surface area contributed by atoms with E-state index in [9.17, 15) is 9.90 Å². The van der Waals surface area contributed by atoms with E-state index in [0.29, 0.717) is 6.54 Å². The predicted octanol–water partition coefficient (Wildman–Crippen LogP) is 3.47. The summed E-state index contributed by atoms with van der Waals surface area (Å²) in [5, 5.41) is 11.6. The van der Waals surface area contributed by atoms with Crippen LogP contribution in [0, 0.1) is 6.92 Å². The molecule has 5 rings (SSSR count). The van der Waals surface area contributed by atoms with Crippen LogP contribution in [-0.2, 0) is 24.3 Å². The number of carboxylic acids is 1. The van der Waals surface area contributed by atoms with Gasteiger partial charge in [-0.05, 0) is 60.7 Å². The molecule has 34 heavy (non-hydrogen) atoms. The number of carboxylic acid groups (broad SMARTS) is 1. The molecule has 3 aromatic rings. The molecule has 0 unspecified atom stereocenters. The smallest absolute Gasteiger partial charge is 0.173 e. The monoisotopic (exact) mass is 473 g/mol. The van der Waals surface area contributed by atoms with E-state index >= 15 is 0 Å². The molecular weight excluding hydrogens is 446 g/mol. The van der Waals surface area contributed by atoms with Crippen LogP contribution in [0.15, 0.2) is 60.6 Å². The Morgan fingerprint density at radius 2 is 1.97 bits per heavy atom. The number of pyridine rings is 2. The van der Waals surface area contributed by atoms with Gasteiger partial charge in [0.15, 0.2) is 18.9 Å². The van der Waals surface area contributed by atoms with Gasteiger partial charge in [0.25, 0.3) is 0 Å². The Morgan fingerprint density at radius 1 is 1.15 bits per heavy atom. The van der Waals surface area contributed by atoms with Crippen LogP contribution >= 0.6 is 11.6 Å². The van der Waals surface area contributed by atoms with E-state index in [2.05, 4.69) is 42.3 Å². The minimum atomic E-state index is -1.02. The van der Waals surface area contributed by atoms with Crippen molar-refractivity contribution in [1.29, 1.82) is 0 Å². The zero-order chi connectivity index (χ0) is 23.7. The number of halogens is 1. The number of hydrogen-bond donors (Lipinski definition) is 0.